The fourth-order valence-electron chi connectivity index (χ4n) is 7.29. The summed E-state index contributed by atoms with van der Waals surface area (Å²) in [7, 11) is 0. The summed E-state index contributed by atoms with van der Waals surface area (Å²) < 4.78 is 11.3. The van der Waals surface area contributed by atoms with Gasteiger partial charge in [-0.05, 0) is 53.1 Å². The van der Waals surface area contributed by atoms with Gasteiger partial charge in [-0.25, -0.2) is 0 Å². The Hall–Kier alpha value is -4.33. The van der Waals surface area contributed by atoms with E-state index in [2.05, 4.69) is 53.7 Å². The van der Waals surface area contributed by atoms with E-state index in [1.807, 2.05) is 36.4 Å². The minimum absolute atomic E-state index is 0.0190. The molecule has 43 heavy (non-hydrogen) atoms. The molecule has 218 valence electrons. The molecule has 4 aromatic rings. The summed E-state index contributed by atoms with van der Waals surface area (Å²) in [6, 6.07) is 20.3. The van der Waals surface area contributed by atoms with E-state index in [4.69, 9.17) is 9.47 Å². The number of ether oxygens (including phenoxy) is 2. The van der Waals surface area contributed by atoms with Gasteiger partial charge in [-0.1, -0.05) is 55.1 Å². The summed E-state index contributed by atoms with van der Waals surface area (Å²) in [6.07, 6.45) is 3.40. The molecule has 2 saturated heterocycles. The topological polar surface area (TPSA) is 91.9 Å². The second-order valence-electron chi connectivity index (χ2n) is 12.6. The number of fused-ring (bicyclic) bond motifs is 1. The molecule has 8 rings (SSSR count). The summed E-state index contributed by atoms with van der Waals surface area (Å²) in [6.45, 7) is 9.41. The smallest absolute Gasteiger partial charge is 0.201 e. The quantitative estimate of drug-likeness (QED) is 0.260. The number of Topliss-reactive ketones (excluding diaryl/α,β-unsaturated/α-hetero) is 1. The van der Waals surface area contributed by atoms with Crippen LogP contribution in [0.1, 0.15) is 38.2 Å². The van der Waals surface area contributed by atoms with Crippen molar-refractivity contribution in [2.24, 2.45) is 0 Å². The first-order valence-corrected chi connectivity index (χ1v) is 15.2. The van der Waals surface area contributed by atoms with Gasteiger partial charge in [0.2, 0.25) is 5.78 Å². The van der Waals surface area contributed by atoms with Crippen molar-refractivity contribution >= 4 is 62.1 Å². The highest BCUT2D eigenvalue weighted by Crippen LogP contribution is 2.48. The first-order valence-electron chi connectivity index (χ1n) is 15.2. The van der Waals surface area contributed by atoms with Crippen molar-refractivity contribution in [3.05, 3.63) is 82.4 Å². The van der Waals surface area contributed by atoms with Crippen LogP contribution in [0.4, 0.5) is 17.1 Å². The van der Waals surface area contributed by atoms with Crippen molar-refractivity contribution in [3.8, 4) is 0 Å². The Morgan fingerprint density at radius 2 is 1.49 bits per heavy atom. The van der Waals surface area contributed by atoms with E-state index in [-0.39, 0.29) is 22.7 Å². The number of hydrogen-bond acceptors (Lipinski definition) is 7. The van der Waals surface area contributed by atoms with Crippen molar-refractivity contribution < 1.29 is 19.4 Å². The zero-order valence-corrected chi connectivity index (χ0v) is 24.3. The summed E-state index contributed by atoms with van der Waals surface area (Å²) in [5.41, 5.74) is 3.82. The van der Waals surface area contributed by atoms with E-state index in [9.17, 15) is 9.90 Å². The van der Waals surface area contributed by atoms with E-state index in [1.165, 1.54) is 0 Å². The van der Waals surface area contributed by atoms with Crippen LogP contribution in [0.5, 0.6) is 0 Å². The third kappa shape index (κ3) is 4.06. The first kappa shape index (κ1) is 26.3. The van der Waals surface area contributed by atoms with Crippen molar-refractivity contribution in [2.75, 3.05) is 42.4 Å². The lowest BCUT2D eigenvalue weighted by atomic mass is 9.79. The van der Waals surface area contributed by atoms with Crippen LogP contribution in [0, 0.1) is 0 Å². The maximum atomic E-state index is 14.0. The van der Waals surface area contributed by atoms with Gasteiger partial charge in [-0.3, -0.25) is 4.79 Å². The molecule has 0 saturated carbocycles. The number of aliphatic hydroxyl groups excluding tert-OH is 1. The number of anilines is 3. The van der Waals surface area contributed by atoms with Crippen LogP contribution in [-0.4, -0.2) is 48.5 Å². The van der Waals surface area contributed by atoms with Gasteiger partial charge in [0.1, 0.15) is 11.4 Å². The maximum absolute atomic E-state index is 14.0. The molecule has 0 aromatic heterocycles. The van der Waals surface area contributed by atoms with Crippen LogP contribution in [0.2, 0.25) is 0 Å². The van der Waals surface area contributed by atoms with Gasteiger partial charge in [0.05, 0.1) is 30.0 Å². The average molecular weight is 574 g/mol. The van der Waals surface area contributed by atoms with Crippen molar-refractivity contribution in [3.63, 3.8) is 0 Å². The van der Waals surface area contributed by atoms with Crippen LogP contribution in [0.15, 0.2) is 66.4 Å². The predicted molar refractivity (Wildman–Crippen MR) is 173 cm³/mol. The Bertz CT molecular complexity index is 1980. The Kier molecular flexibility index (Phi) is 5.87. The van der Waals surface area contributed by atoms with E-state index in [0.717, 1.165) is 88.3 Å². The van der Waals surface area contributed by atoms with Gasteiger partial charge in [0, 0.05) is 59.3 Å². The highest BCUT2D eigenvalue weighted by atomic mass is 16.5. The second-order valence-corrected chi connectivity index (χ2v) is 12.6. The number of hydrogen-bond donors (Lipinski definition) is 4. The van der Waals surface area contributed by atoms with Crippen LogP contribution < -0.4 is 26.4 Å². The molecule has 0 amide bonds. The summed E-state index contributed by atoms with van der Waals surface area (Å²) >= 11 is 0. The molecule has 4 aromatic carbocycles. The highest BCUT2D eigenvalue weighted by Gasteiger charge is 2.41. The molecule has 3 aliphatic heterocycles. The summed E-state index contributed by atoms with van der Waals surface area (Å²) in [5.74, 6) is -0.149. The van der Waals surface area contributed by atoms with Crippen LogP contribution in [0.25, 0.3) is 39.3 Å². The average Bonchev–Trinajstić information content (AvgIpc) is 3.00. The standard InChI is InChI=1S/C36H35N3O4/c1-21-24(11-9-22-5-3-7-26(28(21)22)37-35(2)13-17-42-18-14-35)30-33(40)31(34(30)41)25-12-10-23-6-4-8-27-29(23)32(25)39-36(38-27)15-19-43-20-16-36/h3-12,37-40H,1,13-20H2,2H3/b30-24+. The van der Waals surface area contributed by atoms with E-state index in [0.29, 0.717) is 29.6 Å². The second kappa shape index (κ2) is 9.59. The lowest BCUT2D eigenvalue weighted by molar-refractivity contribution is -0.109. The molecular weight excluding hydrogens is 538 g/mol. The van der Waals surface area contributed by atoms with E-state index in [1.54, 1.807) is 0 Å². The lowest BCUT2D eigenvalue weighted by Gasteiger charge is -2.44. The molecule has 1 aliphatic carbocycles. The number of aliphatic hydroxyl groups is 1. The van der Waals surface area contributed by atoms with Crippen LogP contribution in [-0.2, 0) is 14.3 Å². The molecule has 3 heterocycles. The molecule has 0 radical (unpaired) electrons. The molecule has 7 nitrogen and oxygen atoms in total. The first-order chi connectivity index (χ1) is 20.9. The van der Waals surface area contributed by atoms with Crippen LogP contribution >= 0.6 is 0 Å². The molecular formula is C36H35N3O4. The van der Waals surface area contributed by atoms with E-state index < -0.39 is 0 Å². The fraction of sp³-hybridized carbons (Fsp3) is 0.306. The van der Waals surface area contributed by atoms with Crippen molar-refractivity contribution in [1.29, 1.82) is 0 Å². The van der Waals surface area contributed by atoms with Gasteiger partial charge in [0.25, 0.3) is 0 Å². The van der Waals surface area contributed by atoms with Crippen LogP contribution in [0.3, 0.4) is 0 Å². The third-order valence-corrected chi connectivity index (χ3v) is 9.78. The molecule has 7 heteroatoms. The van der Waals surface area contributed by atoms with Gasteiger partial charge in [-0.2, -0.15) is 0 Å². The fourth-order valence-corrected chi connectivity index (χ4v) is 7.29. The van der Waals surface area contributed by atoms with Crippen molar-refractivity contribution in [1.82, 2.24) is 0 Å². The number of ketones is 1. The van der Waals surface area contributed by atoms with E-state index >= 15 is 0 Å². The van der Waals surface area contributed by atoms with Gasteiger partial charge < -0.3 is 30.5 Å². The largest absolute Gasteiger partial charge is 0.506 e. The minimum atomic E-state index is -0.367. The zero-order valence-electron chi connectivity index (χ0n) is 24.3. The van der Waals surface area contributed by atoms with Crippen molar-refractivity contribution in [2.45, 2.75) is 43.8 Å². The Morgan fingerprint density at radius 1 is 0.814 bits per heavy atom. The zero-order chi connectivity index (χ0) is 29.3. The predicted octanol–water partition coefficient (Wildman–Crippen LogP) is 5.43. The number of rotatable bonds is 3. The molecule has 1 spiro atoms. The SMILES string of the molecule is C=c1/c(=C2/C(=O)C(c3ccc4cccc5c4c3NC3(CCOCC3)N5)=C2O)ccc2cccc(NC3(C)CCOCC3)c12. The summed E-state index contributed by atoms with van der Waals surface area (Å²) in [4.78, 5) is 14.0. The van der Waals surface area contributed by atoms with Gasteiger partial charge in [0.15, 0.2) is 0 Å². The molecule has 4 N–H and O–H groups in total. The molecule has 2 fully saturated rings. The third-order valence-electron chi connectivity index (χ3n) is 9.78. The van der Waals surface area contributed by atoms with Gasteiger partial charge >= 0.3 is 0 Å². The molecule has 0 unspecified atom stereocenters. The number of benzene rings is 4. The number of nitrogens with one attached hydrogen (secondary N) is 3. The molecule has 4 aliphatic rings. The Labute approximate surface area is 249 Å². The Morgan fingerprint density at radius 3 is 2.23 bits per heavy atom. The summed E-state index contributed by atoms with van der Waals surface area (Å²) in [5, 5.41) is 28.3. The monoisotopic (exact) mass is 573 g/mol. The minimum Gasteiger partial charge on any atom is -0.506 e. The molecule has 0 atom stereocenters. The Balaban J connectivity index is 1.27. The maximum Gasteiger partial charge on any atom is 0.201 e. The number of allylic oxidation sites excluding steroid dienone is 2. The normalized spacial score (nSPS) is 21.8. The number of carbonyl (C=O) groups excluding carboxylic acids is 1. The molecule has 0 bridgehead atoms. The number of carbonyl (C=O) groups is 1. The highest BCUT2D eigenvalue weighted by molar-refractivity contribution is 6.52. The van der Waals surface area contributed by atoms with Gasteiger partial charge in [-0.15, -0.1) is 0 Å². The lowest BCUT2D eigenvalue weighted by Crippen LogP contribution is -2.52.